The third-order valence-electron chi connectivity index (χ3n) is 4.49. The summed E-state index contributed by atoms with van der Waals surface area (Å²) in [7, 11) is -1.64. The van der Waals surface area contributed by atoms with Gasteiger partial charge in [0.2, 0.25) is 0 Å². The van der Waals surface area contributed by atoms with Crippen LogP contribution in [-0.4, -0.2) is 55.6 Å². The summed E-state index contributed by atoms with van der Waals surface area (Å²) in [5.41, 5.74) is 1.12. The number of hydrogen-bond donors (Lipinski definition) is 1. The van der Waals surface area contributed by atoms with Crippen LogP contribution in [0.2, 0.25) is 0 Å². The molecular formula is C18H22N4O4S. The van der Waals surface area contributed by atoms with Crippen LogP contribution in [0.25, 0.3) is 0 Å². The highest BCUT2D eigenvalue weighted by Crippen LogP contribution is 2.25. The quantitative estimate of drug-likeness (QED) is 0.748. The zero-order valence-corrected chi connectivity index (χ0v) is 16.1. The lowest BCUT2D eigenvalue weighted by atomic mass is 10.2. The van der Waals surface area contributed by atoms with E-state index >= 15 is 0 Å². The molecule has 0 amide bonds. The van der Waals surface area contributed by atoms with Crippen molar-refractivity contribution in [2.75, 3.05) is 35.4 Å². The molecule has 144 valence electrons. The molecule has 9 heteroatoms. The monoisotopic (exact) mass is 390 g/mol. The first-order valence-electron chi connectivity index (χ1n) is 8.66. The van der Waals surface area contributed by atoms with E-state index in [1.165, 1.54) is 13.4 Å². The van der Waals surface area contributed by atoms with E-state index in [1.54, 1.807) is 24.3 Å². The predicted octanol–water partition coefficient (Wildman–Crippen LogP) is 2.02. The molecule has 3 rings (SSSR count). The highest BCUT2D eigenvalue weighted by Gasteiger charge is 2.32. The molecule has 1 unspecified atom stereocenters. The Morgan fingerprint density at radius 3 is 2.81 bits per heavy atom. The van der Waals surface area contributed by atoms with Crippen LogP contribution in [0.3, 0.4) is 0 Å². The highest BCUT2D eigenvalue weighted by molar-refractivity contribution is 7.91. The number of benzene rings is 1. The van der Waals surface area contributed by atoms with Crippen molar-refractivity contribution in [3.63, 3.8) is 0 Å². The summed E-state index contributed by atoms with van der Waals surface area (Å²) < 4.78 is 28.3. The van der Waals surface area contributed by atoms with Crippen molar-refractivity contribution in [2.24, 2.45) is 0 Å². The standard InChI is InChI=1S/C18H22N4O4S/c1-3-22(15-7-8-27(24,25)11-15)17-10-16(19-12-20-17)21-14-6-4-5-13(9-14)18(23)26-2/h4-6,9-10,12,15H,3,7-8,11H2,1-2H3,(H,19,20,21). The van der Waals surface area contributed by atoms with Gasteiger partial charge in [-0.25, -0.2) is 23.2 Å². The molecule has 0 saturated carbocycles. The van der Waals surface area contributed by atoms with Crippen molar-refractivity contribution in [2.45, 2.75) is 19.4 Å². The second kappa shape index (κ2) is 7.91. The number of hydrogen-bond acceptors (Lipinski definition) is 8. The Hall–Kier alpha value is -2.68. The van der Waals surface area contributed by atoms with Gasteiger partial charge in [-0.1, -0.05) is 6.07 Å². The minimum atomic E-state index is -2.98. The Morgan fingerprint density at radius 2 is 2.15 bits per heavy atom. The topological polar surface area (TPSA) is 101 Å². The summed E-state index contributed by atoms with van der Waals surface area (Å²) in [4.78, 5) is 22.2. The van der Waals surface area contributed by atoms with E-state index in [4.69, 9.17) is 4.74 Å². The first-order chi connectivity index (χ1) is 12.9. The van der Waals surface area contributed by atoms with E-state index in [-0.39, 0.29) is 17.5 Å². The van der Waals surface area contributed by atoms with Crippen LogP contribution < -0.4 is 10.2 Å². The SMILES string of the molecule is CCN(c1cc(Nc2cccc(C(=O)OC)c2)ncn1)C1CCS(=O)(=O)C1. The fourth-order valence-corrected chi connectivity index (χ4v) is 4.92. The number of methoxy groups -OCH3 is 1. The van der Waals surface area contributed by atoms with Crippen molar-refractivity contribution in [1.82, 2.24) is 9.97 Å². The minimum Gasteiger partial charge on any atom is -0.465 e. The van der Waals surface area contributed by atoms with E-state index in [0.29, 0.717) is 35.9 Å². The summed E-state index contributed by atoms with van der Waals surface area (Å²) in [6.07, 6.45) is 2.04. The van der Waals surface area contributed by atoms with Crippen LogP contribution in [-0.2, 0) is 14.6 Å². The van der Waals surface area contributed by atoms with Gasteiger partial charge < -0.3 is 15.0 Å². The van der Waals surface area contributed by atoms with E-state index in [1.807, 2.05) is 17.9 Å². The summed E-state index contributed by atoms with van der Waals surface area (Å²) in [5.74, 6) is 1.17. The number of aromatic nitrogens is 2. The summed E-state index contributed by atoms with van der Waals surface area (Å²) in [6.45, 7) is 2.62. The zero-order chi connectivity index (χ0) is 19.4. The van der Waals surface area contributed by atoms with E-state index in [0.717, 1.165) is 0 Å². The normalized spacial score (nSPS) is 18.1. The lowest BCUT2D eigenvalue weighted by molar-refractivity contribution is 0.0601. The number of carbonyl (C=O) groups is 1. The number of sulfone groups is 1. The molecular weight excluding hydrogens is 368 g/mol. The van der Waals surface area contributed by atoms with Gasteiger partial charge in [-0.2, -0.15) is 0 Å². The van der Waals surface area contributed by atoms with Gasteiger partial charge in [-0.3, -0.25) is 0 Å². The van der Waals surface area contributed by atoms with E-state index in [9.17, 15) is 13.2 Å². The molecule has 2 heterocycles. The smallest absolute Gasteiger partial charge is 0.337 e. The second-order valence-corrected chi connectivity index (χ2v) is 8.53. The Morgan fingerprint density at radius 1 is 1.33 bits per heavy atom. The maximum atomic E-state index is 11.8. The summed E-state index contributed by atoms with van der Waals surface area (Å²) in [5, 5.41) is 3.15. The van der Waals surface area contributed by atoms with E-state index in [2.05, 4.69) is 15.3 Å². The third kappa shape index (κ3) is 4.54. The molecule has 1 saturated heterocycles. The van der Waals surface area contributed by atoms with Crippen LogP contribution in [0.5, 0.6) is 0 Å². The van der Waals surface area contributed by atoms with Crippen LogP contribution in [0.1, 0.15) is 23.7 Å². The van der Waals surface area contributed by atoms with Gasteiger partial charge in [0.15, 0.2) is 9.84 Å². The number of anilines is 3. The van der Waals surface area contributed by atoms with Crippen molar-refractivity contribution >= 4 is 33.1 Å². The lowest BCUT2D eigenvalue weighted by Gasteiger charge is -2.28. The largest absolute Gasteiger partial charge is 0.465 e. The number of nitrogens with one attached hydrogen (secondary N) is 1. The van der Waals surface area contributed by atoms with Gasteiger partial charge in [0.1, 0.15) is 18.0 Å². The Balaban J connectivity index is 1.80. The predicted molar refractivity (Wildman–Crippen MR) is 103 cm³/mol. The molecule has 2 aromatic rings. The molecule has 1 aromatic heterocycles. The first-order valence-corrected chi connectivity index (χ1v) is 10.5. The number of ether oxygens (including phenoxy) is 1. The van der Waals surface area contributed by atoms with Crippen molar-refractivity contribution < 1.29 is 17.9 Å². The number of rotatable bonds is 6. The van der Waals surface area contributed by atoms with Gasteiger partial charge in [-0.15, -0.1) is 0 Å². The van der Waals surface area contributed by atoms with Gasteiger partial charge in [-0.05, 0) is 31.5 Å². The molecule has 1 aliphatic heterocycles. The Labute approximate surface area is 158 Å². The maximum Gasteiger partial charge on any atom is 0.337 e. The zero-order valence-electron chi connectivity index (χ0n) is 15.3. The van der Waals surface area contributed by atoms with Gasteiger partial charge in [0.05, 0.1) is 24.2 Å². The molecule has 27 heavy (non-hydrogen) atoms. The van der Waals surface area contributed by atoms with Crippen molar-refractivity contribution in [3.05, 3.63) is 42.2 Å². The van der Waals surface area contributed by atoms with Gasteiger partial charge in [0.25, 0.3) is 0 Å². The lowest BCUT2D eigenvalue weighted by Crippen LogP contribution is -2.36. The average molecular weight is 390 g/mol. The Kier molecular flexibility index (Phi) is 5.59. The van der Waals surface area contributed by atoms with Crippen LogP contribution in [0, 0.1) is 0 Å². The number of carbonyl (C=O) groups excluding carboxylic acids is 1. The number of nitrogens with zero attached hydrogens (tertiary/aromatic N) is 3. The summed E-state index contributed by atoms with van der Waals surface area (Å²) in [6, 6.07) is 8.61. The molecule has 1 N–H and O–H groups in total. The van der Waals surface area contributed by atoms with Crippen LogP contribution in [0.4, 0.5) is 17.3 Å². The molecule has 1 aromatic carbocycles. The molecule has 0 aliphatic carbocycles. The molecule has 0 bridgehead atoms. The molecule has 8 nitrogen and oxygen atoms in total. The van der Waals surface area contributed by atoms with Crippen molar-refractivity contribution in [1.29, 1.82) is 0 Å². The Bertz CT molecular complexity index is 932. The molecule has 0 spiro atoms. The third-order valence-corrected chi connectivity index (χ3v) is 6.24. The van der Waals surface area contributed by atoms with Gasteiger partial charge in [0, 0.05) is 24.3 Å². The maximum absolute atomic E-state index is 11.8. The summed E-state index contributed by atoms with van der Waals surface area (Å²) >= 11 is 0. The van der Waals surface area contributed by atoms with Gasteiger partial charge >= 0.3 is 5.97 Å². The highest BCUT2D eigenvalue weighted by atomic mass is 32.2. The minimum absolute atomic E-state index is 0.0783. The van der Waals surface area contributed by atoms with Crippen LogP contribution in [0.15, 0.2) is 36.7 Å². The number of esters is 1. The van der Waals surface area contributed by atoms with Crippen LogP contribution >= 0.6 is 0 Å². The molecule has 0 radical (unpaired) electrons. The fraction of sp³-hybridized carbons (Fsp3) is 0.389. The second-order valence-electron chi connectivity index (χ2n) is 6.30. The average Bonchev–Trinajstić information content (AvgIpc) is 3.02. The molecule has 1 fully saturated rings. The first kappa shape index (κ1) is 19.1. The molecule has 1 aliphatic rings. The van der Waals surface area contributed by atoms with E-state index < -0.39 is 15.8 Å². The van der Waals surface area contributed by atoms with Crippen molar-refractivity contribution in [3.8, 4) is 0 Å². The molecule has 1 atom stereocenters. The fourth-order valence-electron chi connectivity index (χ4n) is 3.19.